The number of piperidine rings is 2. The van der Waals surface area contributed by atoms with Crippen LogP contribution in [0.1, 0.15) is 46.5 Å². The molecule has 8 nitrogen and oxygen atoms in total. The molecule has 1 spiro atoms. The standard InChI is InChI=1S/C20H36N2O6/c1-19(2,3)28-18(25)22-10-6-20(7-11-22)4-8-21(9-5-20)12-13-26-14-15-27-16-17(23)24/h4-16H2,1-3H3,(H,23,24). The second-order valence-corrected chi connectivity index (χ2v) is 8.87. The topological polar surface area (TPSA) is 88.5 Å². The van der Waals surface area contributed by atoms with Crippen molar-refractivity contribution >= 4 is 12.1 Å². The SMILES string of the molecule is CC(C)(C)OC(=O)N1CCC2(CCN(CCOCCOCC(=O)O)CC2)CC1. The lowest BCUT2D eigenvalue weighted by atomic mass is 9.71. The summed E-state index contributed by atoms with van der Waals surface area (Å²) in [4.78, 5) is 26.8. The number of hydrogen-bond donors (Lipinski definition) is 1. The monoisotopic (exact) mass is 400 g/mol. The zero-order chi connectivity index (χ0) is 20.6. The van der Waals surface area contributed by atoms with Crippen molar-refractivity contribution in [3.8, 4) is 0 Å². The zero-order valence-corrected chi connectivity index (χ0v) is 17.6. The molecule has 162 valence electrons. The first kappa shape index (κ1) is 22.9. The van der Waals surface area contributed by atoms with Crippen LogP contribution < -0.4 is 0 Å². The Hall–Kier alpha value is -1.38. The van der Waals surface area contributed by atoms with Crippen LogP contribution in [0.25, 0.3) is 0 Å². The Morgan fingerprint density at radius 1 is 0.929 bits per heavy atom. The van der Waals surface area contributed by atoms with E-state index < -0.39 is 11.6 Å². The van der Waals surface area contributed by atoms with Gasteiger partial charge >= 0.3 is 12.1 Å². The van der Waals surface area contributed by atoms with Gasteiger partial charge in [0.2, 0.25) is 0 Å². The normalized spacial score (nSPS) is 20.3. The minimum Gasteiger partial charge on any atom is -0.480 e. The maximum Gasteiger partial charge on any atom is 0.410 e. The third kappa shape index (κ3) is 7.93. The van der Waals surface area contributed by atoms with Gasteiger partial charge in [0.25, 0.3) is 0 Å². The summed E-state index contributed by atoms with van der Waals surface area (Å²) in [6.45, 7) is 11.4. The third-order valence-electron chi connectivity index (χ3n) is 5.54. The van der Waals surface area contributed by atoms with E-state index >= 15 is 0 Å². The second kappa shape index (κ2) is 10.4. The van der Waals surface area contributed by atoms with Gasteiger partial charge in [-0.1, -0.05) is 0 Å². The van der Waals surface area contributed by atoms with Gasteiger partial charge in [-0.2, -0.15) is 0 Å². The van der Waals surface area contributed by atoms with E-state index in [0.29, 0.717) is 25.2 Å². The molecule has 0 atom stereocenters. The number of rotatable bonds is 8. The molecule has 0 aromatic carbocycles. The van der Waals surface area contributed by atoms with Crippen LogP contribution in [0.15, 0.2) is 0 Å². The molecule has 2 aliphatic rings. The molecule has 2 heterocycles. The summed E-state index contributed by atoms with van der Waals surface area (Å²) in [7, 11) is 0. The van der Waals surface area contributed by atoms with Crippen molar-refractivity contribution in [2.75, 3.05) is 59.2 Å². The molecule has 0 aromatic rings. The molecule has 0 unspecified atom stereocenters. The summed E-state index contributed by atoms with van der Waals surface area (Å²) in [5.41, 5.74) is -0.0808. The van der Waals surface area contributed by atoms with Crippen molar-refractivity contribution in [3.05, 3.63) is 0 Å². The quantitative estimate of drug-likeness (QED) is 0.625. The summed E-state index contributed by atoms with van der Waals surface area (Å²) in [6.07, 6.45) is 4.24. The third-order valence-corrected chi connectivity index (χ3v) is 5.54. The number of carbonyl (C=O) groups is 2. The van der Waals surface area contributed by atoms with Gasteiger partial charge in [-0.15, -0.1) is 0 Å². The zero-order valence-electron chi connectivity index (χ0n) is 17.6. The molecule has 2 rings (SSSR count). The predicted molar refractivity (Wildman–Crippen MR) is 104 cm³/mol. The van der Waals surface area contributed by atoms with Gasteiger partial charge in [0, 0.05) is 19.6 Å². The number of likely N-dealkylation sites (tertiary alicyclic amines) is 2. The second-order valence-electron chi connectivity index (χ2n) is 8.87. The Morgan fingerprint density at radius 3 is 2.07 bits per heavy atom. The van der Waals surface area contributed by atoms with Gasteiger partial charge in [0.15, 0.2) is 0 Å². The summed E-state index contributed by atoms with van der Waals surface area (Å²) in [6, 6.07) is 0. The van der Waals surface area contributed by atoms with Crippen molar-refractivity contribution in [3.63, 3.8) is 0 Å². The van der Waals surface area contributed by atoms with Crippen LogP contribution in [-0.4, -0.2) is 91.7 Å². The van der Waals surface area contributed by atoms with E-state index in [0.717, 1.165) is 58.4 Å². The number of carboxylic acids is 1. The van der Waals surface area contributed by atoms with Crippen molar-refractivity contribution in [2.45, 2.75) is 52.1 Å². The lowest BCUT2D eigenvalue weighted by molar-refractivity contribution is -0.142. The van der Waals surface area contributed by atoms with Crippen LogP contribution in [0.5, 0.6) is 0 Å². The fourth-order valence-corrected chi connectivity index (χ4v) is 3.81. The average molecular weight is 401 g/mol. The van der Waals surface area contributed by atoms with Gasteiger partial charge in [0.05, 0.1) is 19.8 Å². The van der Waals surface area contributed by atoms with E-state index in [-0.39, 0.29) is 12.7 Å². The number of carboxylic acid groups (broad SMARTS) is 1. The highest BCUT2D eigenvalue weighted by Crippen LogP contribution is 2.41. The van der Waals surface area contributed by atoms with E-state index in [1.54, 1.807) is 0 Å². The Balaban J connectivity index is 1.58. The minimum atomic E-state index is -0.959. The molecular formula is C20H36N2O6. The molecule has 0 aliphatic carbocycles. The molecule has 0 aromatic heterocycles. The summed E-state index contributed by atoms with van der Waals surface area (Å²) in [5.74, 6) is -0.959. The number of ether oxygens (including phenoxy) is 3. The molecule has 8 heteroatoms. The van der Waals surface area contributed by atoms with Crippen LogP contribution in [0, 0.1) is 5.41 Å². The maximum absolute atomic E-state index is 12.2. The largest absolute Gasteiger partial charge is 0.480 e. The lowest BCUT2D eigenvalue weighted by Gasteiger charge is -2.46. The maximum atomic E-state index is 12.2. The highest BCUT2D eigenvalue weighted by molar-refractivity contribution is 5.68. The van der Waals surface area contributed by atoms with E-state index in [1.165, 1.54) is 0 Å². The molecule has 28 heavy (non-hydrogen) atoms. The molecule has 2 fully saturated rings. The van der Waals surface area contributed by atoms with Gasteiger partial charge in [0.1, 0.15) is 12.2 Å². The highest BCUT2D eigenvalue weighted by Gasteiger charge is 2.39. The Bertz CT molecular complexity index is 501. The Labute approximate surface area is 168 Å². The smallest absolute Gasteiger partial charge is 0.410 e. The number of nitrogens with zero attached hydrogens (tertiary/aromatic N) is 2. The van der Waals surface area contributed by atoms with Crippen LogP contribution in [0.3, 0.4) is 0 Å². The van der Waals surface area contributed by atoms with Crippen molar-refractivity contribution < 1.29 is 28.9 Å². The lowest BCUT2D eigenvalue weighted by Crippen LogP contribution is -2.49. The van der Waals surface area contributed by atoms with Crippen LogP contribution in [0.2, 0.25) is 0 Å². The Morgan fingerprint density at radius 2 is 1.50 bits per heavy atom. The molecule has 2 aliphatic heterocycles. The molecule has 1 N–H and O–H groups in total. The summed E-state index contributed by atoms with van der Waals surface area (Å²) in [5, 5.41) is 8.48. The molecule has 0 radical (unpaired) electrons. The van der Waals surface area contributed by atoms with Crippen molar-refractivity contribution in [2.24, 2.45) is 5.41 Å². The van der Waals surface area contributed by atoms with Gasteiger partial charge in [-0.05, 0) is 65.0 Å². The number of amides is 1. The van der Waals surface area contributed by atoms with Crippen LogP contribution >= 0.6 is 0 Å². The Kier molecular flexibility index (Phi) is 8.52. The van der Waals surface area contributed by atoms with Crippen LogP contribution in [-0.2, 0) is 19.0 Å². The first-order valence-corrected chi connectivity index (χ1v) is 10.3. The first-order chi connectivity index (χ1) is 13.2. The highest BCUT2D eigenvalue weighted by atomic mass is 16.6. The molecule has 0 bridgehead atoms. The summed E-state index contributed by atoms with van der Waals surface area (Å²) < 4.78 is 15.9. The summed E-state index contributed by atoms with van der Waals surface area (Å²) >= 11 is 0. The van der Waals surface area contributed by atoms with E-state index in [2.05, 4.69) is 4.90 Å². The number of aliphatic carboxylic acids is 1. The fourth-order valence-electron chi connectivity index (χ4n) is 3.81. The molecule has 2 saturated heterocycles. The van der Waals surface area contributed by atoms with E-state index in [1.807, 2.05) is 25.7 Å². The number of carbonyl (C=O) groups excluding carboxylic acids is 1. The average Bonchev–Trinajstić information content (AvgIpc) is 2.61. The minimum absolute atomic E-state index is 0.190. The molecule has 0 saturated carbocycles. The molecular weight excluding hydrogens is 364 g/mol. The van der Waals surface area contributed by atoms with Gasteiger partial charge in [-0.25, -0.2) is 9.59 Å². The van der Waals surface area contributed by atoms with Crippen molar-refractivity contribution in [1.82, 2.24) is 9.80 Å². The van der Waals surface area contributed by atoms with Gasteiger partial charge in [-0.3, -0.25) is 0 Å². The number of hydrogen-bond acceptors (Lipinski definition) is 6. The first-order valence-electron chi connectivity index (χ1n) is 10.3. The fraction of sp³-hybridized carbons (Fsp3) is 0.900. The van der Waals surface area contributed by atoms with Gasteiger partial charge < -0.3 is 29.1 Å². The van der Waals surface area contributed by atoms with Crippen molar-refractivity contribution in [1.29, 1.82) is 0 Å². The van der Waals surface area contributed by atoms with Crippen LogP contribution in [0.4, 0.5) is 4.79 Å². The molecule has 1 amide bonds. The predicted octanol–water partition coefficient (Wildman–Crippen LogP) is 2.22. The van der Waals surface area contributed by atoms with E-state index in [9.17, 15) is 9.59 Å². The van der Waals surface area contributed by atoms with E-state index in [4.69, 9.17) is 19.3 Å².